The summed E-state index contributed by atoms with van der Waals surface area (Å²) in [6.45, 7) is 5.80. The lowest BCUT2D eigenvalue weighted by atomic mass is 10.2. The Labute approximate surface area is 195 Å². The van der Waals surface area contributed by atoms with E-state index >= 15 is 0 Å². The van der Waals surface area contributed by atoms with E-state index in [1.54, 1.807) is 52.8 Å². The summed E-state index contributed by atoms with van der Waals surface area (Å²) in [6.07, 6.45) is 2.57. The van der Waals surface area contributed by atoms with Crippen molar-refractivity contribution < 1.29 is 14.3 Å². The number of ether oxygens (including phenoxy) is 1. The molecular weight excluding hydrogens is 434 g/mol. The van der Waals surface area contributed by atoms with Gasteiger partial charge in [-0.3, -0.25) is 14.3 Å². The van der Waals surface area contributed by atoms with E-state index in [1.807, 2.05) is 19.9 Å². The standard InChI is InChI=1S/C24H25N7O3/c1-13-5-6-16(11-18(13)25-24(33)19-10-15(3)28-30(19)4)34-22-8-7-21-26-20(12-31(21)29-22)27-23(32)17-9-14(17)2/h5-8,10-12,14,17H,9H2,1-4H3,(H,25,33)(H,27,32). The number of fused-ring (bicyclic) bond motifs is 1. The van der Waals surface area contributed by atoms with Gasteiger partial charge in [-0.05, 0) is 49.9 Å². The van der Waals surface area contributed by atoms with Gasteiger partial charge in [-0.15, -0.1) is 5.10 Å². The first-order chi connectivity index (χ1) is 16.3. The van der Waals surface area contributed by atoms with Crippen LogP contribution in [0.1, 0.15) is 35.1 Å². The summed E-state index contributed by atoms with van der Waals surface area (Å²) >= 11 is 0. The molecule has 1 aromatic carbocycles. The molecule has 0 saturated heterocycles. The topological polar surface area (TPSA) is 115 Å². The summed E-state index contributed by atoms with van der Waals surface area (Å²) in [5, 5.41) is 14.4. The summed E-state index contributed by atoms with van der Waals surface area (Å²) in [7, 11) is 1.73. The maximum absolute atomic E-state index is 12.7. The molecule has 4 aromatic rings. The Hall–Kier alpha value is -4.21. The third kappa shape index (κ3) is 4.34. The molecule has 0 bridgehead atoms. The zero-order chi connectivity index (χ0) is 24.0. The predicted octanol–water partition coefficient (Wildman–Crippen LogP) is 3.72. The molecule has 174 valence electrons. The molecule has 0 spiro atoms. The second-order valence-corrected chi connectivity index (χ2v) is 8.74. The number of carbonyl (C=O) groups excluding carboxylic acids is 2. The number of aromatic nitrogens is 5. The van der Waals surface area contributed by atoms with Crippen molar-refractivity contribution >= 4 is 29.0 Å². The highest BCUT2D eigenvalue weighted by Crippen LogP contribution is 2.38. The van der Waals surface area contributed by atoms with Gasteiger partial charge in [0, 0.05) is 30.8 Å². The van der Waals surface area contributed by atoms with E-state index < -0.39 is 0 Å². The minimum Gasteiger partial charge on any atom is -0.438 e. The Kier molecular flexibility index (Phi) is 5.27. The number of imidazole rings is 1. The molecule has 3 aromatic heterocycles. The first-order valence-corrected chi connectivity index (χ1v) is 11.0. The second kappa shape index (κ2) is 8.29. The van der Waals surface area contributed by atoms with Crippen molar-refractivity contribution in [2.24, 2.45) is 18.9 Å². The van der Waals surface area contributed by atoms with Crippen LogP contribution in [0.5, 0.6) is 11.6 Å². The van der Waals surface area contributed by atoms with Crippen LogP contribution in [0.15, 0.2) is 42.6 Å². The van der Waals surface area contributed by atoms with E-state index in [0.717, 1.165) is 17.7 Å². The van der Waals surface area contributed by atoms with Gasteiger partial charge in [0.15, 0.2) is 11.5 Å². The zero-order valence-corrected chi connectivity index (χ0v) is 19.4. The summed E-state index contributed by atoms with van der Waals surface area (Å²) in [5.74, 6) is 1.55. The number of aryl methyl sites for hydroxylation is 3. The minimum atomic E-state index is -0.253. The number of hydrogen-bond donors (Lipinski definition) is 2. The number of hydrogen-bond acceptors (Lipinski definition) is 6. The van der Waals surface area contributed by atoms with Crippen LogP contribution < -0.4 is 15.4 Å². The molecule has 3 heterocycles. The Morgan fingerprint density at radius 1 is 1.09 bits per heavy atom. The fourth-order valence-electron chi connectivity index (χ4n) is 3.82. The fraction of sp³-hybridized carbons (Fsp3) is 0.292. The summed E-state index contributed by atoms with van der Waals surface area (Å²) in [4.78, 5) is 29.3. The van der Waals surface area contributed by atoms with E-state index in [0.29, 0.717) is 40.4 Å². The molecule has 10 nitrogen and oxygen atoms in total. The maximum Gasteiger partial charge on any atom is 0.273 e. The average Bonchev–Trinajstić information content (AvgIpc) is 3.23. The summed E-state index contributed by atoms with van der Waals surface area (Å²) in [6, 6.07) is 10.6. The van der Waals surface area contributed by atoms with Crippen molar-refractivity contribution in [3.05, 3.63) is 59.5 Å². The highest BCUT2D eigenvalue weighted by Gasteiger charge is 2.39. The number of nitrogens with one attached hydrogen (secondary N) is 2. The van der Waals surface area contributed by atoms with E-state index in [9.17, 15) is 9.59 Å². The highest BCUT2D eigenvalue weighted by atomic mass is 16.5. The first-order valence-electron chi connectivity index (χ1n) is 11.0. The van der Waals surface area contributed by atoms with Crippen molar-refractivity contribution in [2.45, 2.75) is 27.2 Å². The summed E-state index contributed by atoms with van der Waals surface area (Å²) < 4.78 is 9.04. The molecule has 2 unspecified atom stereocenters. The van der Waals surface area contributed by atoms with Crippen LogP contribution in [0.25, 0.3) is 5.65 Å². The lowest BCUT2D eigenvalue weighted by molar-refractivity contribution is -0.117. The Morgan fingerprint density at radius 2 is 1.88 bits per heavy atom. The average molecular weight is 460 g/mol. The highest BCUT2D eigenvalue weighted by molar-refractivity contribution is 6.03. The molecule has 2 amide bonds. The zero-order valence-electron chi connectivity index (χ0n) is 19.4. The fourth-order valence-corrected chi connectivity index (χ4v) is 3.82. The van der Waals surface area contributed by atoms with Gasteiger partial charge in [-0.2, -0.15) is 5.10 Å². The molecule has 0 radical (unpaired) electrons. The van der Waals surface area contributed by atoms with Crippen molar-refractivity contribution in [3.8, 4) is 11.6 Å². The molecule has 0 aliphatic heterocycles. The van der Waals surface area contributed by atoms with E-state index in [2.05, 4.69) is 32.7 Å². The molecule has 2 atom stereocenters. The van der Waals surface area contributed by atoms with Gasteiger partial charge in [0.25, 0.3) is 5.91 Å². The van der Waals surface area contributed by atoms with Gasteiger partial charge >= 0.3 is 0 Å². The number of rotatable bonds is 6. The quantitative estimate of drug-likeness (QED) is 0.454. The molecule has 1 saturated carbocycles. The molecule has 34 heavy (non-hydrogen) atoms. The van der Waals surface area contributed by atoms with Gasteiger partial charge in [0.1, 0.15) is 11.4 Å². The van der Waals surface area contributed by atoms with Gasteiger partial charge in [0.05, 0.1) is 11.9 Å². The lowest BCUT2D eigenvalue weighted by Gasteiger charge is -2.11. The SMILES string of the molecule is Cc1cc(C(=O)Nc2cc(Oc3ccc4nc(NC(=O)C5CC5C)cn4n3)ccc2C)n(C)n1. The van der Waals surface area contributed by atoms with E-state index in [-0.39, 0.29) is 17.7 Å². The van der Waals surface area contributed by atoms with Gasteiger partial charge in [-0.1, -0.05) is 13.0 Å². The smallest absolute Gasteiger partial charge is 0.273 e. The van der Waals surface area contributed by atoms with Gasteiger partial charge < -0.3 is 15.4 Å². The van der Waals surface area contributed by atoms with Crippen LogP contribution in [0.3, 0.4) is 0 Å². The minimum absolute atomic E-state index is 0.0112. The first kappa shape index (κ1) is 21.6. The van der Waals surface area contributed by atoms with Crippen LogP contribution in [0, 0.1) is 25.7 Å². The van der Waals surface area contributed by atoms with Crippen molar-refractivity contribution in [3.63, 3.8) is 0 Å². The molecule has 1 aliphatic rings. The van der Waals surface area contributed by atoms with Crippen LogP contribution in [0.2, 0.25) is 0 Å². The molecule has 1 fully saturated rings. The number of carbonyl (C=O) groups is 2. The van der Waals surface area contributed by atoms with Gasteiger partial charge in [-0.25, -0.2) is 9.50 Å². The Morgan fingerprint density at radius 3 is 2.59 bits per heavy atom. The van der Waals surface area contributed by atoms with Crippen LogP contribution in [-0.2, 0) is 11.8 Å². The normalized spacial score (nSPS) is 16.9. The van der Waals surface area contributed by atoms with Gasteiger partial charge in [0.2, 0.25) is 11.8 Å². The molecule has 5 rings (SSSR count). The molecular formula is C24H25N7O3. The molecule has 10 heteroatoms. The largest absolute Gasteiger partial charge is 0.438 e. The lowest BCUT2D eigenvalue weighted by Crippen LogP contribution is -2.16. The van der Waals surface area contributed by atoms with E-state index in [4.69, 9.17) is 4.74 Å². The van der Waals surface area contributed by atoms with Crippen LogP contribution in [-0.4, -0.2) is 36.2 Å². The number of nitrogens with zero attached hydrogens (tertiary/aromatic N) is 5. The molecule has 1 aliphatic carbocycles. The number of amides is 2. The third-order valence-corrected chi connectivity index (χ3v) is 5.91. The van der Waals surface area contributed by atoms with E-state index in [1.165, 1.54) is 0 Å². The maximum atomic E-state index is 12.7. The Bertz CT molecular complexity index is 1420. The van der Waals surface area contributed by atoms with Crippen LogP contribution >= 0.6 is 0 Å². The van der Waals surface area contributed by atoms with Crippen molar-refractivity contribution in [1.82, 2.24) is 24.4 Å². The Balaban J connectivity index is 1.31. The predicted molar refractivity (Wildman–Crippen MR) is 126 cm³/mol. The monoisotopic (exact) mass is 459 g/mol. The van der Waals surface area contributed by atoms with Crippen molar-refractivity contribution in [1.29, 1.82) is 0 Å². The second-order valence-electron chi connectivity index (χ2n) is 8.74. The summed E-state index contributed by atoms with van der Waals surface area (Å²) in [5.41, 5.74) is 3.35. The number of anilines is 2. The molecule has 2 N–H and O–H groups in total. The van der Waals surface area contributed by atoms with Crippen molar-refractivity contribution in [2.75, 3.05) is 10.6 Å². The third-order valence-electron chi connectivity index (χ3n) is 5.91. The van der Waals surface area contributed by atoms with Crippen LogP contribution in [0.4, 0.5) is 11.5 Å². The number of benzene rings is 1.